The molecular formula is C23H23N3O5S. The van der Waals surface area contributed by atoms with Gasteiger partial charge in [-0.15, -0.1) is 0 Å². The second-order valence-corrected chi connectivity index (χ2v) is 9.64. The van der Waals surface area contributed by atoms with Crippen molar-refractivity contribution < 1.29 is 18.3 Å². The van der Waals surface area contributed by atoms with Crippen molar-refractivity contribution in [2.45, 2.75) is 4.90 Å². The number of sulfone groups is 1. The van der Waals surface area contributed by atoms with Crippen molar-refractivity contribution in [1.82, 2.24) is 14.3 Å². The van der Waals surface area contributed by atoms with Gasteiger partial charge >= 0.3 is 0 Å². The van der Waals surface area contributed by atoms with E-state index in [0.29, 0.717) is 27.6 Å². The molecule has 0 saturated carbocycles. The molecule has 0 spiro atoms. The molecule has 0 fully saturated rings. The number of hydrogen-bond acceptors (Lipinski definition) is 6. The van der Waals surface area contributed by atoms with Gasteiger partial charge in [-0.1, -0.05) is 6.07 Å². The van der Waals surface area contributed by atoms with E-state index in [1.165, 1.54) is 23.8 Å². The zero-order chi connectivity index (χ0) is 23.0. The van der Waals surface area contributed by atoms with Crippen molar-refractivity contribution >= 4 is 20.6 Å². The minimum absolute atomic E-state index is 0.0766. The minimum atomic E-state index is -3.67. The van der Waals surface area contributed by atoms with Gasteiger partial charge in [-0.25, -0.2) is 8.42 Å². The third kappa shape index (κ3) is 3.80. The van der Waals surface area contributed by atoms with Gasteiger partial charge in [-0.05, 0) is 41.3 Å². The Bertz CT molecular complexity index is 1490. The van der Waals surface area contributed by atoms with Gasteiger partial charge in [-0.3, -0.25) is 9.48 Å². The summed E-state index contributed by atoms with van der Waals surface area (Å²) < 4.78 is 33.8. The number of nitrogens with zero attached hydrogens (tertiary/aromatic N) is 3. The molecule has 32 heavy (non-hydrogen) atoms. The fourth-order valence-electron chi connectivity index (χ4n) is 3.76. The van der Waals surface area contributed by atoms with Crippen LogP contribution in [0.25, 0.3) is 33.0 Å². The Hall–Kier alpha value is -3.43. The van der Waals surface area contributed by atoms with E-state index in [9.17, 15) is 13.2 Å². The molecule has 0 saturated heterocycles. The van der Waals surface area contributed by atoms with Gasteiger partial charge in [0.2, 0.25) is 0 Å². The third-order valence-corrected chi connectivity index (χ3v) is 7.09. The maximum atomic E-state index is 12.8. The maximum Gasteiger partial charge on any atom is 0.258 e. The summed E-state index contributed by atoms with van der Waals surface area (Å²) in [5.41, 5.74) is 2.81. The number of aryl methyl sites for hydroxylation is 2. The summed E-state index contributed by atoms with van der Waals surface area (Å²) in [6, 6.07) is 10.1. The summed E-state index contributed by atoms with van der Waals surface area (Å²) in [5, 5.41) is 14.5. The monoisotopic (exact) mass is 453 g/mol. The maximum absolute atomic E-state index is 12.8. The highest BCUT2D eigenvalue weighted by molar-refractivity contribution is 7.91. The Morgan fingerprint density at radius 1 is 1.00 bits per heavy atom. The van der Waals surface area contributed by atoms with Crippen LogP contribution in [0.15, 0.2) is 64.7 Å². The van der Waals surface area contributed by atoms with Crippen molar-refractivity contribution in [2.75, 3.05) is 19.5 Å². The van der Waals surface area contributed by atoms with E-state index >= 15 is 0 Å². The second-order valence-electron chi connectivity index (χ2n) is 7.53. The lowest BCUT2D eigenvalue weighted by Crippen LogP contribution is -2.16. The molecule has 0 amide bonds. The molecule has 2 heterocycles. The van der Waals surface area contributed by atoms with Crippen LogP contribution in [0, 0.1) is 0 Å². The summed E-state index contributed by atoms with van der Waals surface area (Å²) in [7, 11) is 1.32. The number of fused-ring (bicyclic) bond motifs is 1. The average Bonchev–Trinajstić information content (AvgIpc) is 3.21. The second kappa shape index (κ2) is 8.25. The zero-order valence-corrected chi connectivity index (χ0v) is 18.8. The first-order valence-electron chi connectivity index (χ1n) is 9.89. The molecule has 0 atom stereocenters. The Kier molecular flexibility index (Phi) is 5.62. The van der Waals surface area contributed by atoms with Crippen LogP contribution in [0.4, 0.5) is 0 Å². The van der Waals surface area contributed by atoms with Crippen LogP contribution >= 0.6 is 0 Å². The zero-order valence-electron chi connectivity index (χ0n) is 17.9. The van der Waals surface area contributed by atoms with Crippen LogP contribution < -0.4 is 10.3 Å². The van der Waals surface area contributed by atoms with Crippen LogP contribution in [0.1, 0.15) is 0 Å². The van der Waals surface area contributed by atoms with Crippen molar-refractivity contribution in [3.05, 3.63) is 65.3 Å². The van der Waals surface area contributed by atoms with Gasteiger partial charge in [0.1, 0.15) is 5.75 Å². The first kappa shape index (κ1) is 21.8. The molecule has 2 aromatic carbocycles. The lowest BCUT2D eigenvalue weighted by Gasteiger charge is -2.15. The lowest BCUT2D eigenvalue weighted by molar-refractivity contribution is 0.319. The van der Waals surface area contributed by atoms with E-state index in [2.05, 4.69) is 5.10 Å². The number of hydrogen-bond donors (Lipinski definition) is 1. The molecule has 0 aliphatic carbocycles. The van der Waals surface area contributed by atoms with Crippen molar-refractivity contribution in [3.63, 3.8) is 0 Å². The number of ether oxygens (including phenoxy) is 1. The molecule has 166 valence electrons. The number of benzene rings is 2. The molecule has 0 unspecified atom stereocenters. The minimum Gasteiger partial charge on any atom is -0.496 e. The highest BCUT2D eigenvalue weighted by atomic mass is 32.2. The molecule has 4 rings (SSSR count). The van der Waals surface area contributed by atoms with Crippen molar-refractivity contribution in [2.24, 2.45) is 14.1 Å². The van der Waals surface area contributed by atoms with E-state index in [1.54, 1.807) is 36.3 Å². The van der Waals surface area contributed by atoms with E-state index in [1.807, 2.05) is 25.4 Å². The van der Waals surface area contributed by atoms with E-state index in [-0.39, 0.29) is 16.2 Å². The number of aliphatic hydroxyl groups excluding tert-OH is 1. The van der Waals surface area contributed by atoms with Crippen LogP contribution in [0.2, 0.25) is 0 Å². The van der Waals surface area contributed by atoms with Gasteiger partial charge in [-0.2, -0.15) is 5.10 Å². The molecule has 0 radical (unpaired) electrons. The first-order valence-corrected chi connectivity index (χ1v) is 11.5. The smallest absolute Gasteiger partial charge is 0.258 e. The predicted molar refractivity (Wildman–Crippen MR) is 123 cm³/mol. The highest BCUT2D eigenvalue weighted by Crippen LogP contribution is 2.37. The molecule has 9 heteroatoms. The molecule has 0 bridgehead atoms. The van der Waals surface area contributed by atoms with Gasteiger partial charge in [0.25, 0.3) is 5.56 Å². The Labute approximate surface area is 185 Å². The fraction of sp³-hybridized carbons (Fsp3) is 0.217. The van der Waals surface area contributed by atoms with Crippen LogP contribution in [0.3, 0.4) is 0 Å². The number of rotatable bonds is 6. The summed E-state index contributed by atoms with van der Waals surface area (Å²) in [6.45, 7) is -0.471. The Morgan fingerprint density at radius 2 is 1.78 bits per heavy atom. The average molecular weight is 454 g/mol. The number of aromatic nitrogens is 3. The van der Waals surface area contributed by atoms with Crippen molar-refractivity contribution in [1.29, 1.82) is 0 Å². The molecule has 4 aromatic rings. The SMILES string of the molecule is COc1ccc(S(=O)(=O)CCO)cc1-c1cn(C)c(=O)c2ccc(-c3cnn(C)c3)cc12. The quantitative estimate of drug-likeness (QED) is 0.481. The summed E-state index contributed by atoms with van der Waals surface area (Å²) in [4.78, 5) is 12.9. The van der Waals surface area contributed by atoms with E-state index in [0.717, 1.165) is 11.1 Å². The molecular weight excluding hydrogens is 430 g/mol. The number of pyridine rings is 1. The number of methoxy groups -OCH3 is 1. The van der Waals surface area contributed by atoms with Gasteiger partial charge in [0.15, 0.2) is 9.84 Å². The third-order valence-electron chi connectivity index (χ3n) is 5.40. The molecule has 0 aliphatic heterocycles. The summed E-state index contributed by atoms with van der Waals surface area (Å²) in [5.74, 6) is 0.0949. The molecule has 8 nitrogen and oxygen atoms in total. The topological polar surface area (TPSA) is 103 Å². The van der Waals surface area contributed by atoms with Gasteiger partial charge in [0, 0.05) is 48.6 Å². The summed E-state index contributed by atoms with van der Waals surface area (Å²) >= 11 is 0. The van der Waals surface area contributed by atoms with Crippen molar-refractivity contribution in [3.8, 4) is 28.0 Å². The Balaban J connectivity index is 2.03. The fourth-order valence-corrected chi connectivity index (χ4v) is 4.81. The molecule has 2 aromatic heterocycles. The van der Waals surface area contributed by atoms with Crippen LogP contribution in [-0.4, -0.2) is 47.3 Å². The van der Waals surface area contributed by atoms with Gasteiger partial charge < -0.3 is 14.4 Å². The number of aliphatic hydroxyl groups is 1. The molecule has 1 N–H and O–H groups in total. The first-order chi connectivity index (χ1) is 15.2. The Morgan fingerprint density at radius 3 is 2.44 bits per heavy atom. The summed E-state index contributed by atoms with van der Waals surface area (Å²) in [6.07, 6.45) is 5.30. The highest BCUT2D eigenvalue weighted by Gasteiger charge is 2.19. The van der Waals surface area contributed by atoms with Crippen LogP contribution in [-0.2, 0) is 23.9 Å². The lowest BCUT2D eigenvalue weighted by atomic mass is 9.97. The molecule has 0 aliphatic rings. The standard InChI is InChI=1S/C23H23N3O5S/c1-25-14-21(20-11-17(5-7-22(20)31-3)32(29,30)9-8-27)19-10-15(4-6-18(19)23(25)28)16-12-24-26(2)13-16/h4-7,10-14,27H,8-9H2,1-3H3. The predicted octanol–water partition coefficient (Wildman–Crippen LogP) is 2.38. The van der Waals surface area contributed by atoms with E-state index < -0.39 is 16.4 Å². The van der Waals surface area contributed by atoms with E-state index in [4.69, 9.17) is 9.84 Å². The normalized spacial score (nSPS) is 11.8. The van der Waals surface area contributed by atoms with Crippen LogP contribution in [0.5, 0.6) is 5.75 Å². The van der Waals surface area contributed by atoms with Gasteiger partial charge in [0.05, 0.1) is 30.6 Å². The largest absolute Gasteiger partial charge is 0.496 e.